The van der Waals surface area contributed by atoms with Gasteiger partial charge < -0.3 is 10.1 Å². The van der Waals surface area contributed by atoms with E-state index >= 15 is 0 Å². The first-order valence-electron chi connectivity index (χ1n) is 7.71. The van der Waals surface area contributed by atoms with Crippen molar-refractivity contribution >= 4 is 0 Å². The normalized spacial score (nSPS) is 39.5. The first-order chi connectivity index (χ1) is 8.34. The Morgan fingerprint density at radius 3 is 2.28 bits per heavy atom. The van der Waals surface area contributed by atoms with Gasteiger partial charge in [-0.3, -0.25) is 0 Å². The molecule has 0 spiro atoms. The highest BCUT2D eigenvalue weighted by Crippen LogP contribution is 2.48. The fourth-order valence-corrected chi connectivity index (χ4v) is 4.37. The summed E-state index contributed by atoms with van der Waals surface area (Å²) in [4.78, 5) is 0. The first-order valence-corrected chi connectivity index (χ1v) is 7.71. The molecule has 0 radical (unpaired) electrons. The second-order valence-electron chi connectivity index (χ2n) is 7.54. The quantitative estimate of drug-likeness (QED) is 0.757. The molecule has 2 heteroatoms. The molecule has 0 aromatic heterocycles. The highest BCUT2D eigenvalue weighted by Gasteiger charge is 2.49. The Labute approximate surface area is 113 Å². The predicted octanol–water partition coefficient (Wildman–Crippen LogP) is 3.75. The molecule has 1 heterocycles. The van der Waals surface area contributed by atoms with Gasteiger partial charge in [0.05, 0.1) is 11.2 Å². The van der Waals surface area contributed by atoms with E-state index in [1.165, 1.54) is 38.5 Å². The van der Waals surface area contributed by atoms with E-state index in [0.717, 1.165) is 17.9 Å². The third-order valence-corrected chi connectivity index (χ3v) is 5.09. The molecule has 0 bridgehead atoms. The van der Waals surface area contributed by atoms with Gasteiger partial charge in [-0.05, 0) is 65.8 Å². The Bertz CT molecular complexity index is 285. The van der Waals surface area contributed by atoms with Crippen LogP contribution in [0.25, 0.3) is 0 Å². The maximum absolute atomic E-state index is 6.29. The van der Waals surface area contributed by atoms with Gasteiger partial charge in [-0.1, -0.05) is 19.3 Å². The lowest BCUT2D eigenvalue weighted by molar-refractivity contribution is -0.0808. The smallest absolute Gasteiger partial charge is 0.0665 e. The number of hydrogen-bond acceptors (Lipinski definition) is 2. The van der Waals surface area contributed by atoms with E-state index in [1.54, 1.807) is 0 Å². The van der Waals surface area contributed by atoms with Crippen LogP contribution >= 0.6 is 0 Å². The Hall–Kier alpha value is -0.0800. The molecule has 18 heavy (non-hydrogen) atoms. The third kappa shape index (κ3) is 3.08. The summed E-state index contributed by atoms with van der Waals surface area (Å²) in [5.74, 6) is 1.56. The molecule has 1 aliphatic carbocycles. The van der Waals surface area contributed by atoms with Crippen molar-refractivity contribution in [2.45, 2.75) is 83.5 Å². The van der Waals surface area contributed by atoms with Crippen LogP contribution in [-0.2, 0) is 4.74 Å². The van der Waals surface area contributed by atoms with Crippen molar-refractivity contribution < 1.29 is 4.74 Å². The summed E-state index contributed by atoms with van der Waals surface area (Å²) >= 11 is 0. The zero-order chi connectivity index (χ0) is 13.4. The van der Waals surface area contributed by atoms with Gasteiger partial charge in [-0.25, -0.2) is 0 Å². The average molecular weight is 253 g/mol. The zero-order valence-corrected chi connectivity index (χ0v) is 12.9. The maximum Gasteiger partial charge on any atom is 0.0665 e. The Morgan fingerprint density at radius 1 is 1.06 bits per heavy atom. The van der Waals surface area contributed by atoms with Crippen LogP contribution in [0.5, 0.6) is 0 Å². The maximum atomic E-state index is 6.29. The Morgan fingerprint density at radius 2 is 1.72 bits per heavy atom. The number of hydrogen-bond donors (Lipinski definition) is 1. The molecule has 0 amide bonds. The minimum absolute atomic E-state index is 0.0524. The average Bonchev–Trinajstić information content (AvgIpc) is 2.44. The topological polar surface area (TPSA) is 21.3 Å². The van der Waals surface area contributed by atoms with Crippen LogP contribution in [0.2, 0.25) is 0 Å². The van der Waals surface area contributed by atoms with Gasteiger partial charge in [0, 0.05) is 6.04 Å². The van der Waals surface area contributed by atoms with Gasteiger partial charge in [0.15, 0.2) is 0 Å². The monoisotopic (exact) mass is 253 g/mol. The molecule has 2 aliphatic rings. The van der Waals surface area contributed by atoms with Crippen LogP contribution in [-0.4, -0.2) is 24.3 Å². The Kier molecular flexibility index (Phi) is 4.08. The van der Waals surface area contributed by atoms with Crippen LogP contribution in [0.1, 0.15) is 66.2 Å². The van der Waals surface area contributed by atoms with Crippen LogP contribution in [0, 0.1) is 11.8 Å². The summed E-state index contributed by atoms with van der Waals surface area (Å²) in [6.45, 7) is 9.10. The van der Waals surface area contributed by atoms with E-state index in [1.807, 2.05) is 0 Å². The van der Waals surface area contributed by atoms with Crippen LogP contribution in [0.4, 0.5) is 0 Å². The van der Waals surface area contributed by atoms with Crippen molar-refractivity contribution in [3.8, 4) is 0 Å². The molecule has 0 aromatic rings. The minimum atomic E-state index is 0.0524. The van der Waals surface area contributed by atoms with Crippen molar-refractivity contribution in [1.82, 2.24) is 5.32 Å². The van der Waals surface area contributed by atoms with Gasteiger partial charge in [0.25, 0.3) is 0 Å². The van der Waals surface area contributed by atoms with Crippen molar-refractivity contribution in [1.29, 1.82) is 0 Å². The molecule has 0 aromatic carbocycles. The molecule has 1 N–H and O–H groups in total. The second kappa shape index (κ2) is 5.13. The minimum Gasteiger partial charge on any atom is -0.369 e. The van der Waals surface area contributed by atoms with E-state index in [-0.39, 0.29) is 11.2 Å². The summed E-state index contributed by atoms with van der Waals surface area (Å²) in [5, 5.41) is 3.50. The standard InChI is InChI=1S/C16H31NO/c1-15(2)11-14(16(3,4)18-15)12-8-6-7-9-13(10-12)17-5/h12-14,17H,6-11H2,1-5H3. The molecule has 2 fully saturated rings. The number of rotatable bonds is 2. The Balaban J connectivity index is 2.09. The van der Waals surface area contributed by atoms with E-state index in [0.29, 0.717) is 0 Å². The lowest BCUT2D eigenvalue weighted by atomic mass is 9.74. The highest BCUT2D eigenvalue weighted by atomic mass is 16.5. The summed E-state index contributed by atoms with van der Waals surface area (Å²) in [6, 6.07) is 0.719. The predicted molar refractivity (Wildman–Crippen MR) is 76.8 cm³/mol. The van der Waals surface area contributed by atoms with Gasteiger partial charge in [0.2, 0.25) is 0 Å². The molecule has 2 rings (SSSR count). The molecule has 1 saturated heterocycles. The first kappa shape index (κ1) is 14.3. The van der Waals surface area contributed by atoms with Crippen LogP contribution in [0.3, 0.4) is 0 Å². The number of ether oxygens (including phenoxy) is 1. The fourth-order valence-electron chi connectivity index (χ4n) is 4.37. The van der Waals surface area contributed by atoms with Gasteiger partial charge in [-0.15, -0.1) is 0 Å². The lowest BCUT2D eigenvalue weighted by Crippen LogP contribution is -2.36. The molecule has 1 aliphatic heterocycles. The van der Waals surface area contributed by atoms with Crippen LogP contribution in [0.15, 0.2) is 0 Å². The van der Waals surface area contributed by atoms with Crippen molar-refractivity contribution in [2.75, 3.05) is 7.05 Å². The van der Waals surface area contributed by atoms with Gasteiger partial charge >= 0.3 is 0 Å². The summed E-state index contributed by atoms with van der Waals surface area (Å²) in [7, 11) is 2.12. The van der Waals surface area contributed by atoms with Crippen molar-refractivity contribution in [3.05, 3.63) is 0 Å². The fraction of sp³-hybridized carbons (Fsp3) is 1.00. The molecule has 2 nitrogen and oxygen atoms in total. The van der Waals surface area contributed by atoms with Gasteiger partial charge in [-0.2, -0.15) is 0 Å². The summed E-state index contributed by atoms with van der Waals surface area (Å²) in [5.41, 5.74) is 0.117. The molecular formula is C16H31NO. The summed E-state index contributed by atoms with van der Waals surface area (Å²) in [6.07, 6.45) is 8.09. The second-order valence-corrected chi connectivity index (χ2v) is 7.54. The van der Waals surface area contributed by atoms with Crippen molar-refractivity contribution in [2.24, 2.45) is 11.8 Å². The van der Waals surface area contributed by atoms with E-state index in [4.69, 9.17) is 4.74 Å². The number of nitrogens with one attached hydrogen (secondary N) is 1. The van der Waals surface area contributed by atoms with Gasteiger partial charge in [0.1, 0.15) is 0 Å². The van der Waals surface area contributed by atoms with E-state index < -0.39 is 0 Å². The summed E-state index contributed by atoms with van der Waals surface area (Å²) < 4.78 is 6.29. The third-order valence-electron chi connectivity index (χ3n) is 5.09. The molecule has 1 saturated carbocycles. The molecule has 3 atom stereocenters. The van der Waals surface area contributed by atoms with Crippen LogP contribution < -0.4 is 5.32 Å². The highest BCUT2D eigenvalue weighted by molar-refractivity contribution is 4.98. The molecule has 3 unspecified atom stereocenters. The van der Waals surface area contributed by atoms with Crippen molar-refractivity contribution in [3.63, 3.8) is 0 Å². The lowest BCUT2D eigenvalue weighted by Gasteiger charge is -2.33. The zero-order valence-electron chi connectivity index (χ0n) is 12.9. The largest absolute Gasteiger partial charge is 0.369 e. The molecule has 106 valence electrons. The van der Waals surface area contributed by atoms with E-state index in [2.05, 4.69) is 40.1 Å². The van der Waals surface area contributed by atoms with E-state index in [9.17, 15) is 0 Å². The molecular weight excluding hydrogens is 222 g/mol. The SMILES string of the molecule is CNC1CCCCC(C2CC(C)(C)OC2(C)C)C1.